The molecule has 2 rings (SSSR count). The molecule has 0 spiro atoms. The van der Waals surface area contributed by atoms with Gasteiger partial charge < -0.3 is 10.1 Å². The van der Waals surface area contributed by atoms with Crippen LogP contribution in [0.1, 0.15) is 46.5 Å². The lowest BCUT2D eigenvalue weighted by Gasteiger charge is -2.35. The first-order valence-electron chi connectivity index (χ1n) is 7.76. The van der Waals surface area contributed by atoms with E-state index in [-0.39, 0.29) is 18.1 Å². The van der Waals surface area contributed by atoms with E-state index in [2.05, 4.69) is 24.1 Å². The summed E-state index contributed by atoms with van der Waals surface area (Å²) >= 11 is 0. The van der Waals surface area contributed by atoms with Crippen LogP contribution in [-0.2, 0) is 9.53 Å². The van der Waals surface area contributed by atoms with E-state index in [1.54, 1.807) is 0 Å². The highest BCUT2D eigenvalue weighted by molar-refractivity contribution is 5.76. The fourth-order valence-corrected chi connectivity index (χ4v) is 3.02. The van der Waals surface area contributed by atoms with E-state index in [9.17, 15) is 4.79 Å². The zero-order chi connectivity index (χ0) is 13.8. The van der Waals surface area contributed by atoms with Gasteiger partial charge >= 0.3 is 5.97 Å². The molecular formula is C15H28N2O2. The van der Waals surface area contributed by atoms with Crippen LogP contribution in [-0.4, -0.2) is 48.7 Å². The number of nitrogens with zero attached hydrogens (tertiary/aromatic N) is 1. The maximum atomic E-state index is 12.3. The van der Waals surface area contributed by atoms with Crippen LogP contribution in [0.2, 0.25) is 0 Å². The standard InChI is InChI=1S/C15H28N2O2/c1-11(2)12(3)19-15(18)14-5-4-10-17(14)13-6-8-16-9-7-13/h11-14,16H,4-10H2,1-3H3. The molecular weight excluding hydrogens is 240 g/mol. The molecule has 2 aliphatic rings. The highest BCUT2D eigenvalue weighted by Crippen LogP contribution is 2.26. The first-order chi connectivity index (χ1) is 9.09. The number of carbonyl (C=O) groups is 1. The van der Waals surface area contributed by atoms with Crippen LogP contribution in [0, 0.1) is 5.92 Å². The van der Waals surface area contributed by atoms with Crippen LogP contribution >= 0.6 is 0 Å². The van der Waals surface area contributed by atoms with Gasteiger partial charge in [-0.25, -0.2) is 0 Å². The van der Waals surface area contributed by atoms with Gasteiger partial charge in [0.1, 0.15) is 12.1 Å². The van der Waals surface area contributed by atoms with Crippen molar-refractivity contribution < 1.29 is 9.53 Å². The van der Waals surface area contributed by atoms with Crippen molar-refractivity contribution >= 4 is 5.97 Å². The second kappa shape index (κ2) is 6.71. The Hall–Kier alpha value is -0.610. The van der Waals surface area contributed by atoms with Gasteiger partial charge in [-0.2, -0.15) is 0 Å². The van der Waals surface area contributed by atoms with Crippen molar-refractivity contribution in [3.63, 3.8) is 0 Å². The van der Waals surface area contributed by atoms with Gasteiger partial charge in [0.2, 0.25) is 0 Å². The molecule has 4 nitrogen and oxygen atoms in total. The molecule has 2 saturated heterocycles. The number of likely N-dealkylation sites (tertiary alicyclic amines) is 1. The third-order valence-corrected chi connectivity index (χ3v) is 4.58. The summed E-state index contributed by atoms with van der Waals surface area (Å²) in [5.41, 5.74) is 0. The molecule has 2 aliphatic heterocycles. The molecule has 0 aromatic carbocycles. The fraction of sp³-hybridized carbons (Fsp3) is 0.933. The zero-order valence-corrected chi connectivity index (χ0v) is 12.5. The van der Waals surface area contributed by atoms with Crippen molar-refractivity contribution in [1.29, 1.82) is 0 Å². The van der Waals surface area contributed by atoms with E-state index in [4.69, 9.17) is 4.74 Å². The second-order valence-electron chi connectivity index (χ2n) is 6.26. The van der Waals surface area contributed by atoms with Gasteiger partial charge in [-0.3, -0.25) is 9.69 Å². The monoisotopic (exact) mass is 268 g/mol. The minimum atomic E-state index is -0.00256. The number of nitrogens with one attached hydrogen (secondary N) is 1. The first-order valence-corrected chi connectivity index (χ1v) is 7.76. The molecule has 0 radical (unpaired) electrons. The number of rotatable bonds is 4. The lowest BCUT2D eigenvalue weighted by atomic mass is 10.0. The van der Waals surface area contributed by atoms with Crippen LogP contribution in [0.4, 0.5) is 0 Å². The number of carbonyl (C=O) groups excluding carboxylic acids is 1. The molecule has 0 saturated carbocycles. The number of hydrogen-bond donors (Lipinski definition) is 1. The van der Waals surface area contributed by atoms with Crippen LogP contribution in [0.3, 0.4) is 0 Å². The van der Waals surface area contributed by atoms with Crippen molar-refractivity contribution in [3.05, 3.63) is 0 Å². The number of piperidine rings is 1. The van der Waals surface area contributed by atoms with Gasteiger partial charge in [0, 0.05) is 6.04 Å². The maximum Gasteiger partial charge on any atom is 0.323 e. The van der Waals surface area contributed by atoms with Gasteiger partial charge in [-0.05, 0) is 58.2 Å². The largest absolute Gasteiger partial charge is 0.461 e. The minimum absolute atomic E-state index is 0.00256. The van der Waals surface area contributed by atoms with Crippen molar-refractivity contribution in [2.45, 2.75) is 64.6 Å². The Bertz CT molecular complexity index is 301. The summed E-state index contributed by atoms with van der Waals surface area (Å²) < 4.78 is 5.62. The smallest absolute Gasteiger partial charge is 0.323 e. The molecule has 2 atom stereocenters. The van der Waals surface area contributed by atoms with Crippen LogP contribution in [0.15, 0.2) is 0 Å². The summed E-state index contributed by atoms with van der Waals surface area (Å²) in [6.45, 7) is 9.39. The zero-order valence-electron chi connectivity index (χ0n) is 12.5. The fourth-order valence-electron chi connectivity index (χ4n) is 3.02. The first kappa shape index (κ1) is 14.8. The van der Waals surface area contributed by atoms with Crippen LogP contribution < -0.4 is 5.32 Å². The highest BCUT2D eigenvalue weighted by Gasteiger charge is 2.37. The highest BCUT2D eigenvalue weighted by atomic mass is 16.5. The molecule has 0 aromatic heterocycles. The summed E-state index contributed by atoms with van der Waals surface area (Å²) in [7, 11) is 0. The van der Waals surface area contributed by atoms with Gasteiger partial charge in [0.15, 0.2) is 0 Å². The lowest BCUT2D eigenvalue weighted by Crippen LogP contribution is -2.48. The summed E-state index contributed by atoms with van der Waals surface area (Å²) in [6.07, 6.45) is 4.42. The Kier molecular flexibility index (Phi) is 5.22. The predicted molar refractivity (Wildman–Crippen MR) is 76.0 cm³/mol. The molecule has 110 valence electrons. The normalized spacial score (nSPS) is 27.7. The topological polar surface area (TPSA) is 41.6 Å². The summed E-state index contributed by atoms with van der Waals surface area (Å²) in [4.78, 5) is 14.7. The average Bonchev–Trinajstić information content (AvgIpc) is 2.88. The van der Waals surface area contributed by atoms with E-state index in [1.165, 1.54) is 0 Å². The molecule has 2 unspecified atom stereocenters. The summed E-state index contributed by atoms with van der Waals surface area (Å²) in [5.74, 6) is 0.384. The molecule has 0 bridgehead atoms. The Morgan fingerprint density at radius 3 is 2.53 bits per heavy atom. The quantitative estimate of drug-likeness (QED) is 0.789. The lowest BCUT2D eigenvalue weighted by molar-refractivity contribution is -0.156. The van der Waals surface area contributed by atoms with E-state index in [0.29, 0.717) is 12.0 Å². The molecule has 19 heavy (non-hydrogen) atoms. The van der Waals surface area contributed by atoms with Gasteiger partial charge in [0.05, 0.1) is 0 Å². The van der Waals surface area contributed by atoms with Gasteiger partial charge in [-0.1, -0.05) is 13.8 Å². The van der Waals surface area contributed by atoms with Crippen molar-refractivity contribution in [3.8, 4) is 0 Å². The molecule has 1 N–H and O–H groups in total. The molecule has 4 heteroatoms. The number of ether oxygens (including phenoxy) is 1. The number of esters is 1. The Morgan fingerprint density at radius 1 is 1.21 bits per heavy atom. The molecule has 0 aliphatic carbocycles. The van der Waals surface area contributed by atoms with E-state index in [0.717, 1.165) is 45.3 Å². The van der Waals surface area contributed by atoms with Crippen molar-refractivity contribution in [2.24, 2.45) is 5.92 Å². The number of hydrogen-bond acceptors (Lipinski definition) is 4. The van der Waals surface area contributed by atoms with E-state index in [1.807, 2.05) is 6.92 Å². The third kappa shape index (κ3) is 3.69. The van der Waals surface area contributed by atoms with Gasteiger partial charge in [-0.15, -0.1) is 0 Å². The van der Waals surface area contributed by atoms with Gasteiger partial charge in [0.25, 0.3) is 0 Å². The Morgan fingerprint density at radius 2 is 1.89 bits per heavy atom. The SMILES string of the molecule is CC(C)C(C)OC(=O)C1CCCN1C1CCNCC1. The third-order valence-electron chi connectivity index (χ3n) is 4.58. The molecule has 0 amide bonds. The predicted octanol–water partition coefficient (Wildman–Crippen LogP) is 1.79. The Labute approximate surface area is 116 Å². The maximum absolute atomic E-state index is 12.3. The average molecular weight is 268 g/mol. The molecule has 2 fully saturated rings. The Balaban J connectivity index is 1.92. The summed E-state index contributed by atoms with van der Waals surface area (Å²) in [5, 5.41) is 3.39. The van der Waals surface area contributed by atoms with Crippen molar-refractivity contribution in [1.82, 2.24) is 10.2 Å². The summed E-state index contributed by atoms with van der Waals surface area (Å²) in [6, 6.07) is 0.569. The van der Waals surface area contributed by atoms with E-state index < -0.39 is 0 Å². The second-order valence-corrected chi connectivity index (χ2v) is 6.26. The van der Waals surface area contributed by atoms with E-state index >= 15 is 0 Å². The van der Waals surface area contributed by atoms with Crippen LogP contribution in [0.5, 0.6) is 0 Å². The molecule has 2 heterocycles. The van der Waals surface area contributed by atoms with Crippen LogP contribution in [0.25, 0.3) is 0 Å². The van der Waals surface area contributed by atoms with Crippen molar-refractivity contribution in [2.75, 3.05) is 19.6 Å². The molecule has 0 aromatic rings. The minimum Gasteiger partial charge on any atom is -0.461 e.